The minimum Gasteiger partial charge on any atom is -0.478 e. The average molecular weight is 278 g/mol. The van der Waals surface area contributed by atoms with E-state index >= 15 is 0 Å². The standard InChI is InChI=1S/C13H10.C4H4N2O2/c1-3-7-12-10(5-1)9-11-6-2-4-8-13(11)12;7-4(8)3-1-5-6-2-3/h1-8H,9H2;1-2H,(H,5,6)(H,7,8). The normalized spacial score (nSPS) is 11.0. The lowest BCUT2D eigenvalue weighted by atomic mass is 10.1. The number of aromatic nitrogens is 2. The zero-order chi connectivity index (χ0) is 14.7. The van der Waals surface area contributed by atoms with Gasteiger partial charge in [-0.3, -0.25) is 5.10 Å². The smallest absolute Gasteiger partial charge is 0.338 e. The average Bonchev–Trinajstić information content (AvgIpc) is 3.15. The van der Waals surface area contributed by atoms with Crippen molar-refractivity contribution in [2.24, 2.45) is 0 Å². The molecule has 2 N–H and O–H groups in total. The van der Waals surface area contributed by atoms with Crippen LogP contribution in [0, 0.1) is 0 Å². The highest BCUT2D eigenvalue weighted by Crippen LogP contribution is 2.35. The fraction of sp³-hybridized carbons (Fsp3) is 0.0588. The number of nitrogens with one attached hydrogen (secondary N) is 1. The van der Waals surface area contributed by atoms with E-state index in [9.17, 15) is 4.79 Å². The molecule has 0 fully saturated rings. The number of hydrogen-bond acceptors (Lipinski definition) is 2. The van der Waals surface area contributed by atoms with E-state index in [2.05, 4.69) is 58.7 Å². The van der Waals surface area contributed by atoms with Gasteiger partial charge in [0.25, 0.3) is 0 Å². The third-order valence-corrected chi connectivity index (χ3v) is 3.45. The molecular weight excluding hydrogens is 264 g/mol. The Balaban J connectivity index is 0.000000143. The molecule has 1 aliphatic rings. The molecule has 1 aromatic heterocycles. The number of carboxylic acids is 1. The molecule has 4 heteroatoms. The number of rotatable bonds is 1. The van der Waals surface area contributed by atoms with E-state index in [1.54, 1.807) is 0 Å². The first-order valence-corrected chi connectivity index (χ1v) is 6.64. The quantitative estimate of drug-likeness (QED) is 0.561. The van der Waals surface area contributed by atoms with E-state index in [0.29, 0.717) is 0 Å². The summed E-state index contributed by atoms with van der Waals surface area (Å²) < 4.78 is 0. The van der Waals surface area contributed by atoms with Gasteiger partial charge in [-0.1, -0.05) is 48.5 Å². The molecule has 0 atom stereocenters. The molecule has 1 heterocycles. The highest BCUT2D eigenvalue weighted by atomic mass is 16.4. The molecule has 4 rings (SSSR count). The second kappa shape index (κ2) is 5.63. The number of H-pyrrole nitrogens is 1. The van der Waals surface area contributed by atoms with E-state index < -0.39 is 5.97 Å². The molecule has 21 heavy (non-hydrogen) atoms. The third-order valence-electron chi connectivity index (χ3n) is 3.45. The Morgan fingerprint density at radius 3 is 2.00 bits per heavy atom. The van der Waals surface area contributed by atoms with Gasteiger partial charge in [-0.05, 0) is 28.7 Å². The largest absolute Gasteiger partial charge is 0.478 e. The lowest BCUT2D eigenvalue weighted by Gasteiger charge is -1.98. The van der Waals surface area contributed by atoms with Crippen molar-refractivity contribution in [3.8, 4) is 11.1 Å². The second-order valence-corrected chi connectivity index (χ2v) is 4.78. The van der Waals surface area contributed by atoms with Crippen molar-refractivity contribution in [2.75, 3.05) is 0 Å². The number of nitrogens with zero attached hydrogens (tertiary/aromatic N) is 1. The number of fused-ring (bicyclic) bond motifs is 3. The van der Waals surface area contributed by atoms with Gasteiger partial charge in [0.1, 0.15) is 0 Å². The van der Waals surface area contributed by atoms with E-state index in [1.165, 1.54) is 34.6 Å². The predicted octanol–water partition coefficient (Wildman–Crippen LogP) is 3.37. The van der Waals surface area contributed by atoms with Crippen LogP contribution >= 0.6 is 0 Å². The van der Waals surface area contributed by atoms with Crippen molar-refractivity contribution in [2.45, 2.75) is 6.42 Å². The first-order valence-electron chi connectivity index (χ1n) is 6.64. The summed E-state index contributed by atoms with van der Waals surface area (Å²) in [5.74, 6) is -0.959. The van der Waals surface area contributed by atoms with Crippen LogP contribution in [-0.2, 0) is 6.42 Å². The van der Waals surface area contributed by atoms with Crippen LogP contribution in [0.1, 0.15) is 21.5 Å². The zero-order valence-corrected chi connectivity index (χ0v) is 11.3. The predicted molar refractivity (Wildman–Crippen MR) is 80.2 cm³/mol. The minimum atomic E-state index is -0.959. The second-order valence-electron chi connectivity index (χ2n) is 4.78. The van der Waals surface area contributed by atoms with Gasteiger partial charge in [0.2, 0.25) is 0 Å². The van der Waals surface area contributed by atoms with Crippen LogP contribution in [0.5, 0.6) is 0 Å². The van der Waals surface area contributed by atoms with E-state index in [1.807, 2.05) is 0 Å². The van der Waals surface area contributed by atoms with Gasteiger partial charge in [0.05, 0.1) is 11.8 Å². The van der Waals surface area contributed by atoms with Crippen LogP contribution in [0.3, 0.4) is 0 Å². The maximum Gasteiger partial charge on any atom is 0.338 e. The first kappa shape index (κ1) is 13.1. The van der Waals surface area contributed by atoms with Crippen molar-refractivity contribution < 1.29 is 9.90 Å². The number of aromatic carboxylic acids is 1. The highest BCUT2D eigenvalue weighted by Gasteiger charge is 2.15. The van der Waals surface area contributed by atoms with Crippen molar-refractivity contribution >= 4 is 5.97 Å². The van der Waals surface area contributed by atoms with Crippen LogP contribution in [0.4, 0.5) is 0 Å². The molecule has 0 amide bonds. The molecule has 0 unspecified atom stereocenters. The summed E-state index contributed by atoms with van der Waals surface area (Å²) >= 11 is 0. The SMILES string of the molecule is O=C(O)c1cn[nH]c1.c1ccc2c(c1)Cc1ccccc1-2. The molecule has 0 spiro atoms. The molecule has 104 valence electrons. The maximum atomic E-state index is 10.0. The van der Waals surface area contributed by atoms with Crippen molar-refractivity contribution in [3.05, 3.63) is 77.6 Å². The van der Waals surface area contributed by atoms with Gasteiger partial charge in [0, 0.05) is 6.20 Å². The third kappa shape index (κ3) is 2.69. The summed E-state index contributed by atoms with van der Waals surface area (Å²) in [7, 11) is 0. The molecule has 1 aliphatic carbocycles. The fourth-order valence-electron chi connectivity index (χ4n) is 2.45. The number of carbonyl (C=O) groups is 1. The van der Waals surface area contributed by atoms with Crippen LogP contribution in [-0.4, -0.2) is 21.3 Å². The molecule has 2 aromatic carbocycles. The highest BCUT2D eigenvalue weighted by molar-refractivity contribution is 5.86. The Morgan fingerprint density at radius 2 is 1.57 bits per heavy atom. The van der Waals surface area contributed by atoms with Crippen LogP contribution < -0.4 is 0 Å². The first-order chi connectivity index (χ1) is 10.3. The number of aromatic amines is 1. The fourth-order valence-corrected chi connectivity index (χ4v) is 2.45. The summed E-state index contributed by atoms with van der Waals surface area (Å²) in [5, 5.41) is 14.0. The minimum absolute atomic E-state index is 0.185. The van der Waals surface area contributed by atoms with E-state index in [4.69, 9.17) is 5.11 Å². The summed E-state index contributed by atoms with van der Waals surface area (Å²) in [6.07, 6.45) is 3.68. The Kier molecular flexibility index (Phi) is 3.51. The molecular formula is C17H14N2O2. The number of benzene rings is 2. The molecule has 0 aliphatic heterocycles. The Labute approximate surface area is 122 Å². The van der Waals surface area contributed by atoms with Gasteiger partial charge in [0.15, 0.2) is 0 Å². The molecule has 0 saturated carbocycles. The van der Waals surface area contributed by atoms with E-state index in [-0.39, 0.29) is 5.56 Å². The topological polar surface area (TPSA) is 66.0 Å². The molecule has 0 bridgehead atoms. The Bertz CT molecular complexity index is 720. The Morgan fingerprint density at radius 1 is 1.00 bits per heavy atom. The number of hydrogen-bond donors (Lipinski definition) is 2. The van der Waals surface area contributed by atoms with Crippen LogP contribution in [0.25, 0.3) is 11.1 Å². The lowest BCUT2D eigenvalue weighted by Crippen LogP contribution is -1.91. The molecule has 4 nitrogen and oxygen atoms in total. The van der Waals surface area contributed by atoms with Gasteiger partial charge < -0.3 is 5.11 Å². The monoisotopic (exact) mass is 278 g/mol. The van der Waals surface area contributed by atoms with E-state index in [0.717, 1.165) is 6.42 Å². The molecule has 0 saturated heterocycles. The number of carboxylic acid groups (broad SMARTS) is 1. The summed E-state index contributed by atoms with van der Waals surface area (Å²) in [4.78, 5) is 10.0. The van der Waals surface area contributed by atoms with Crippen molar-refractivity contribution in [3.63, 3.8) is 0 Å². The maximum absolute atomic E-state index is 10.0. The summed E-state index contributed by atoms with van der Waals surface area (Å²) in [5.41, 5.74) is 5.94. The van der Waals surface area contributed by atoms with Gasteiger partial charge >= 0.3 is 5.97 Å². The summed E-state index contributed by atoms with van der Waals surface area (Å²) in [6, 6.07) is 17.3. The van der Waals surface area contributed by atoms with Crippen molar-refractivity contribution in [1.29, 1.82) is 0 Å². The Hall–Kier alpha value is -2.88. The van der Waals surface area contributed by atoms with Crippen LogP contribution in [0.2, 0.25) is 0 Å². The van der Waals surface area contributed by atoms with Gasteiger partial charge in [-0.25, -0.2) is 4.79 Å². The summed E-state index contributed by atoms with van der Waals surface area (Å²) in [6.45, 7) is 0. The van der Waals surface area contributed by atoms with Gasteiger partial charge in [-0.2, -0.15) is 5.10 Å². The van der Waals surface area contributed by atoms with Gasteiger partial charge in [-0.15, -0.1) is 0 Å². The van der Waals surface area contributed by atoms with Crippen LogP contribution in [0.15, 0.2) is 60.9 Å². The zero-order valence-electron chi connectivity index (χ0n) is 11.3. The lowest BCUT2D eigenvalue weighted by molar-refractivity contribution is 0.0697. The molecule has 0 radical (unpaired) electrons. The molecule has 3 aromatic rings. The van der Waals surface area contributed by atoms with Crippen molar-refractivity contribution in [1.82, 2.24) is 10.2 Å².